The zero-order valence-electron chi connectivity index (χ0n) is 11.9. The summed E-state index contributed by atoms with van der Waals surface area (Å²) in [5.41, 5.74) is 0.650. The molecular formula is C14H14ClN3O3. The topological polar surface area (TPSA) is 81.2 Å². The van der Waals surface area contributed by atoms with Crippen molar-refractivity contribution in [1.29, 1.82) is 5.26 Å². The van der Waals surface area contributed by atoms with Crippen molar-refractivity contribution in [1.82, 2.24) is 10.1 Å². The third-order valence-electron chi connectivity index (χ3n) is 2.86. The van der Waals surface area contributed by atoms with E-state index in [9.17, 15) is 0 Å². The van der Waals surface area contributed by atoms with Crippen molar-refractivity contribution in [2.24, 2.45) is 5.92 Å². The smallest absolute Gasteiger partial charge is 0.228 e. The highest BCUT2D eigenvalue weighted by Gasteiger charge is 2.16. The molecule has 0 N–H and O–H groups in total. The highest BCUT2D eigenvalue weighted by molar-refractivity contribution is 6.32. The van der Waals surface area contributed by atoms with Crippen molar-refractivity contribution in [3.63, 3.8) is 0 Å². The first-order valence-electron chi connectivity index (χ1n) is 6.23. The molecule has 110 valence electrons. The standard InChI is InChI=1S/C14H14ClN3O3/c1-8(7-16)4-12-17-14(18-21-12)9-5-10(15)13(20-3)11(6-9)19-2/h5-6,8H,4H2,1-3H3. The quantitative estimate of drug-likeness (QED) is 0.844. The molecule has 1 aromatic heterocycles. The molecule has 21 heavy (non-hydrogen) atoms. The van der Waals surface area contributed by atoms with E-state index in [4.69, 9.17) is 30.9 Å². The summed E-state index contributed by atoms with van der Waals surface area (Å²) in [5, 5.41) is 13.1. The molecule has 0 saturated carbocycles. The van der Waals surface area contributed by atoms with Crippen LogP contribution in [0, 0.1) is 17.2 Å². The Kier molecular flexibility index (Phi) is 4.66. The first kappa shape index (κ1) is 15.1. The van der Waals surface area contributed by atoms with Crippen LogP contribution in [0.3, 0.4) is 0 Å². The number of ether oxygens (including phenoxy) is 2. The Morgan fingerprint density at radius 1 is 1.38 bits per heavy atom. The Bertz CT molecular complexity index is 679. The van der Waals surface area contributed by atoms with Gasteiger partial charge in [-0.2, -0.15) is 10.2 Å². The number of methoxy groups -OCH3 is 2. The van der Waals surface area contributed by atoms with Crippen molar-refractivity contribution in [3.05, 3.63) is 23.0 Å². The first-order chi connectivity index (χ1) is 10.1. The Balaban J connectivity index is 2.35. The number of hydrogen-bond acceptors (Lipinski definition) is 6. The van der Waals surface area contributed by atoms with Gasteiger partial charge in [-0.3, -0.25) is 0 Å². The van der Waals surface area contributed by atoms with Crippen LogP contribution in [0.15, 0.2) is 16.7 Å². The molecule has 1 unspecified atom stereocenters. The number of rotatable bonds is 5. The molecule has 0 aliphatic carbocycles. The van der Waals surface area contributed by atoms with Crippen LogP contribution in [0.5, 0.6) is 11.5 Å². The van der Waals surface area contributed by atoms with Gasteiger partial charge in [0, 0.05) is 12.0 Å². The summed E-state index contributed by atoms with van der Waals surface area (Å²) in [5.74, 6) is 1.54. The summed E-state index contributed by atoms with van der Waals surface area (Å²) in [6, 6.07) is 5.51. The zero-order valence-corrected chi connectivity index (χ0v) is 12.6. The normalized spacial score (nSPS) is 11.8. The fraction of sp³-hybridized carbons (Fsp3) is 0.357. The van der Waals surface area contributed by atoms with Crippen molar-refractivity contribution >= 4 is 11.6 Å². The number of nitrogens with zero attached hydrogens (tertiary/aromatic N) is 3. The number of aromatic nitrogens is 2. The predicted molar refractivity (Wildman–Crippen MR) is 76.3 cm³/mol. The highest BCUT2D eigenvalue weighted by atomic mass is 35.5. The second kappa shape index (κ2) is 6.46. The van der Waals surface area contributed by atoms with Gasteiger partial charge in [0.25, 0.3) is 0 Å². The molecule has 7 heteroatoms. The van der Waals surface area contributed by atoms with Crippen LogP contribution in [0.1, 0.15) is 12.8 Å². The molecule has 0 amide bonds. The van der Waals surface area contributed by atoms with Crippen LogP contribution in [-0.2, 0) is 6.42 Å². The van der Waals surface area contributed by atoms with E-state index in [0.29, 0.717) is 40.2 Å². The van der Waals surface area contributed by atoms with Crippen LogP contribution in [0.4, 0.5) is 0 Å². The SMILES string of the molecule is COc1cc(-c2noc(CC(C)C#N)n2)cc(Cl)c1OC. The molecule has 2 aromatic rings. The van der Waals surface area contributed by atoms with Gasteiger partial charge in [0.05, 0.1) is 31.2 Å². The van der Waals surface area contributed by atoms with Gasteiger partial charge in [0.15, 0.2) is 11.5 Å². The summed E-state index contributed by atoms with van der Waals surface area (Å²) in [6.07, 6.45) is 0.407. The second-order valence-corrected chi connectivity index (χ2v) is 4.85. The second-order valence-electron chi connectivity index (χ2n) is 4.44. The molecule has 1 heterocycles. The third kappa shape index (κ3) is 3.26. The van der Waals surface area contributed by atoms with Crippen LogP contribution in [-0.4, -0.2) is 24.4 Å². The maximum absolute atomic E-state index is 8.79. The Morgan fingerprint density at radius 3 is 2.76 bits per heavy atom. The minimum atomic E-state index is -0.188. The molecule has 0 aliphatic heterocycles. The molecule has 0 radical (unpaired) electrons. The highest BCUT2D eigenvalue weighted by Crippen LogP contribution is 2.38. The molecule has 1 atom stereocenters. The van der Waals surface area contributed by atoms with Crippen LogP contribution < -0.4 is 9.47 Å². The number of hydrogen-bond donors (Lipinski definition) is 0. The number of nitriles is 1. The van der Waals surface area contributed by atoms with Gasteiger partial charge < -0.3 is 14.0 Å². The van der Waals surface area contributed by atoms with Gasteiger partial charge in [0.1, 0.15) is 0 Å². The minimum Gasteiger partial charge on any atom is -0.493 e. The molecule has 1 aromatic carbocycles. The van der Waals surface area contributed by atoms with Gasteiger partial charge in [-0.1, -0.05) is 16.8 Å². The zero-order chi connectivity index (χ0) is 15.4. The summed E-state index contributed by atoms with van der Waals surface area (Å²) >= 11 is 6.14. The Hall–Kier alpha value is -2.26. The van der Waals surface area contributed by atoms with E-state index in [1.165, 1.54) is 14.2 Å². The number of benzene rings is 1. The Labute approximate surface area is 127 Å². The lowest BCUT2D eigenvalue weighted by molar-refractivity contribution is 0.355. The van der Waals surface area contributed by atoms with Gasteiger partial charge in [0.2, 0.25) is 11.7 Å². The van der Waals surface area contributed by atoms with Crippen molar-refractivity contribution in [2.45, 2.75) is 13.3 Å². The maximum Gasteiger partial charge on any atom is 0.228 e. The largest absolute Gasteiger partial charge is 0.493 e. The number of halogens is 1. The molecule has 0 fully saturated rings. The molecule has 2 rings (SSSR count). The molecule has 6 nitrogen and oxygen atoms in total. The van der Waals surface area contributed by atoms with E-state index in [1.54, 1.807) is 19.1 Å². The van der Waals surface area contributed by atoms with Crippen molar-refractivity contribution < 1.29 is 14.0 Å². The maximum atomic E-state index is 8.79. The van der Waals surface area contributed by atoms with E-state index in [0.717, 1.165) is 0 Å². The average Bonchev–Trinajstić information content (AvgIpc) is 2.94. The summed E-state index contributed by atoms with van der Waals surface area (Å²) in [6.45, 7) is 1.79. The van der Waals surface area contributed by atoms with Gasteiger partial charge in [-0.15, -0.1) is 0 Å². The lowest BCUT2D eigenvalue weighted by Crippen LogP contribution is -1.96. The lowest BCUT2D eigenvalue weighted by atomic mass is 10.1. The molecule has 0 spiro atoms. The van der Waals surface area contributed by atoms with Crippen molar-refractivity contribution in [3.8, 4) is 29.0 Å². The predicted octanol–water partition coefficient (Wildman–Crippen LogP) is 3.11. The lowest BCUT2D eigenvalue weighted by Gasteiger charge is -2.10. The third-order valence-corrected chi connectivity index (χ3v) is 3.14. The fourth-order valence-electron chi connectivity index (χ4n) is 1.81. The van der Waals surface area contributed by atoms with E-state index in [-0.39, 0.29) is 5.92 Å². The molecular weight excluding hydrogens is 294 g/mol. The summed E-state index contributed by atoms with van der Waals surface area (Å²) in [4.78, 5) is 4.26. The van der Waals surface area contributed by atoms with Gasteiger partial charge >= 0.3 is 0 Å². The summed E-state index contributed by atoms with van der Waals surface area (Å²) in [7, 11) is 3.04. The van der Waals surface area contributed by atoms with Gasteiger partial charge in [-0.05, 0) is 19.1 Å². The average molecular weight is 308 g/mol. The minimum absolute atomic E-state index is 0.188. The van der Waals surface area contributed by atoms with Crippen LogP contribution in [0.25, 0.3) is 11.4 Å². The molecule has 0 bridgehead atoms. The van der Waals surface area contributed by atoms with Crippen LogP contribution >= 0.6 is 11.6 Å². The fourth-order valence-corrected chi connectivity index (χ4v) is 2.10. The molecule has 0 aliphatic rings. The summed E-state index contributed by atoms with van der Waals surface area (Å²) < 4.78 is 15.5. The van der Waals surface area contributed by atoms with Crippen LogP contribution in [0.2, 0.25) is 5.02 Å². The Morgan fingerprint density at radius 2 is 2.14 bits per heavy atom. The van der Waals surface area contributed by atoms with Crippen molar-refractivity contribution in [2.75, 3.05) is 14.2 Å². The molecule has 0 saturated heterocycles. The van der Waals surface area contributed by atoms with Gasteiger partial charge in [-0.25, -0.2) is 0 Å². The van der Waals surface area contributed by atoms with E-state index in [2.05, 4.69) is 16.2 Å². The van der Waals surface area contributed by atoms with E-state index < -0.39 is 0 Å². The first-order valence-corrected chi connectivity index (χ1v) is 6.61. The van der Waals surface area contributed by atoms with E-state index in [1.807, 2.05) is 0 Å². The van der Waals surface area contributed by atoms with E-state index >= 15 is 0 Å². The monoisotopic (exact) mass is 307 g/mol.